The Morgan fingerprint density at radius 2 is 1.86 bits per heavy atom. The lowest BCUT2D eigenvalue weighted by Gasteiger charge is -2.26. The van der Waals surface area contributed by atoms with Gasteiger partial charge in [0.2, 0.25) is 0 Å². The SMILES string of the molecule is CCC(C)(CN)CCCS(=O)(=O)CC. The molecule has 0 aromatic rings. The van der Waals surface area contributed by atoms with E-state index in [1.807, 2.05) is 0 Å². The van der Waals surface area contributed by atoms with Crippen molar-refractivity contribution in [2.45, 2.75) is 40.0 Å². The predicted molar refractivity (Wildman–Crippen MR) is 61.0 cm³/mol. The zero-order valence-electron chi connectivity index (χ0n) is 9.54. The van der Waals surface area contributed by atoms with Gasteiger partial charge in [-0.1, -0.05) is 20.8 Å². The number of hydrogen-bond acceptors (Lipinski definition) is 3. The molecule has 0 aromatic heterocycles. The summed E-state index contributed by atoms with van der Waals surface area (Å²) >= 11 is 0. The molecule has 4 heteroatoms. The van der Waals surface area contributed by atoms with Gasteiger partial charge in [0.05, 0.1) is 5.75 Å². The van der Waals surface area contributed by atoms with E-state index in [-0.39, 0.29) is 11.2 Å². The summed E-state index contributed by atoms with van der Waals surface area (Å²) in [7, 11) is -2.80. The van der Waals surface area contributed by atoms with Crippen LogP contribution in [0, 0.1) is 5.41 Å². The van der Waals surface area contributed by atoms with Gasteiger partial charge in [0.15, 0.2) is 0 Å². The van der Waals surface area contributed by atoms with Crippen LogP contribution in [0.1, 0.15) is 40.0 Å². The zero-order valence-corrected chi connectivity index (χ0v) is 10.4. The van der Waals surface area contributed by atoms with E-state index in [9.17, 15) is 8.42 Å². The van der Waals surface area contributed by atoms with Crippen molar-refractivity contribution in [3.63, 3.8) is 0 Å². The van der Waals surface area contributed by atoms with Crippen molar-refractivity contribution in [3.8, 4) is 0 Å². The summed E-state index contributed by atoms with van der Waals surface area (Å²) in [5.41, 5.74) is 5.76. The lowest BCUT2D eigenvalue weighted by molar-refractivity contribution is 0.293. The minimum atomic E-state index is -2.80. The van der Waals surface area contributed by atoms with Crippen molar-refractivity contribution in [2.75, 3.05) is 18.1 Å². The number of nitrogens with two attached hydrogens (primary N) is 1. The van der Waals surface area contributed by atoms with Gasteiger partial charge in [0, 0.05) is 5.75 Å². The van der Waals surface area contributed by atoms with Gasteiger partial charge in [-0.25, -0.2) is 8.42 Å². The fraction of sp³-hybridized carbons (Fsp3) is 1.00. The topological polar surface area (TPSA) is 60.2 Å². The molecule has 0 fully saturated rings. The molecule has 0 aliphatic heterocycles. The number of sulfone groups is 1. The first-order valence-corrected chi connectivity index (χ1v) is 7.12. The van der Waals surface area contributed by atoms with Crippen LogP contribution in [0.4, 0.5) is 0 Å². The van der Waals surface area contributed by atoms with Crippen LogP contribution in [0.25, 0.3) is 0 Å². The molecule has 0 saturated heterocycles. The highest BCUT2D eigenvalue weighted by molar-refractivity contribution is 7.91. The molecule has 0 rings (SSSR count). The highest BCUT2D eigenvalue weighted by Gasteiger charge is 2.20. The van der Waals surface area contributed by atoms with E-state index in [1.165, 1.54) is 0 Å². The van der Waals surface area contributed by atoms with E-state index in [1.54, 1.807) is 6.92 Å². The van der Waals surface area contributed by atoms with Crippen LogP contribution in [0.5, 0.6) is 0 Å². The van der Waals surface area contributed by atoms with Gasteiger partial charge in [-0.3, -0.25) is 0 Å². The van der Waals surface area contributed by atoms with Gasteiger partial charge >= 0.3 is 0 Å². The summed E-state index contributed by atoms with van der Waals surface area (Å²) in [6, 6.07) is 0. The molecule has 86 valence electrons. The molecule has 14 heavy (non-hydrogen) atoms. The first kappa shape index (κ1) is 13.9. The Kier molecular flexibility index (Phi) is 5.67. The van der Waals surface area contributed by atoms with Crippen LogP contribution in [0.3, 0.4) is 0 Å². The molecular weight excluding hydrogens is 198 g/mol. The molecule has 0 heterocycles. The van der Waals surface area contributed by atoms with Gasteiger partial charge < -0.3 is 5.73 Å². The molecule has 0 spiro atoms. The van der Waals surface area contributed by atoms with Crippen molar-refractivity contribution in [1.82, 2.24) is 0 Å². The predicted octanol–water partition coefficient (Wildman–Crippen LogP) is 1.58. The van der Waals surface area contributed by atoms with Crippen molar-refractivity contribution in [3.05, 3.63) is 0 Å². The third kappa shape index (κ3) is 4.96. The molecule has 2 N–H and O–H groups in total. The van der Waals surface area contributed by atoms with E-state index in [4.69, 9.17) is 5.73 Å². The molecule has 0 radical (unpaired) electrons. The first-order valence-electron chi connectivity index (χ1n) is 5.29. The lowest BCUT2D eigenvalue weighted by Crippen LogP contribution is -2.27. The standard InChI is InChI=1S/C10H23NO2S/c1-4-10(3,9-11)7-6-8-14(12,13)5-2/h4-9,11H2,1-3H3. The molecule has 0 aromatic carbocycles. The van der Waals surface area contributed by atoms with E-state index < -0.39 is 9.84 Å². The van der Waals surface area contributed by atoms with Gasteiger partial charge in [0.1, 0.15) is 9.84 Å². The Morgan fingerprint density at radius 3 is 2.21 bits per heavy atom. The summed E-state index contributed by atoms with van der Waals surface area (Å²) in [6.07, 6.45) is 2.65. The quantitative estimate of drug-likeness (QED) is 0.710. The van der Waals surface area contributed by atoms with Crippen molar-refractivity contribution < 1.29 is 8.42 Å². The Morgan fingerprint density at radius 1 is 1.29 bits per heavy atom. The highest BCUT2D eigenvalue weighted by Crippen LogP contribution is 2.25. The summed E-state index contributed by atoms with van der Waals surface area (Å²) in [6.45, 7) is 6.54. The molecule has 0 saturated carbocycles. The molecule has 1 unspecified atom stereocenters. The van der Waals surface area contributed by atoms with Crippen molar-refractivity contribution in [1.29, 1.82) is 0 Å². The van der Waals surface area contributed by atoms with Crippen molar-refractivity contribution in [2.24, 2.45) is 11.1 Å². The van der Waals surface area contributed by atoms with Crippen LogP contribution >= 0.6 is 0 Å². The minimum absolute atomic E-state index is 0.114. The Labute approximate surface area is 88.0 Å². The molecule has 0 bridgehead atoms. The molecule has 0 aliphatic carbocycles. The second-order valence-corrected chi connectivity index (χ2v) is 6.68. The van der Waals surface area contributed by atoms with Gasteiger partial charge in [-0.05, 0) is 31.2 Å². The molecule has 3 nitrogen and oxygen atoms in total. The largest absolute Gasteiger partial charge is 0.330 e. The maximum Gasteiger partial charge on any atom is 0.150 e. The summed E-state index contributed by atoms with van der Waals surface area (Å²) < 4.78 is 22.5. The third-order valence-corrected chi connectivity index (χ3v) is 4.81. The van der Waals surface area contributed by atoms with Gasteiger partial charge in [0.25, 0.3) is 0 Å². The van der Waals surface area contributed by atoms with Crippen LogP contribution in [0.2, 0.25) is 0 Å². The monoisotopic (exact) mass is 221 g/mol. The van der Waals surface area contributed by atoms with E-state index in [0.29, 0.717) is 12.3 Å². The average molecular weight is 221 g/mol. The molecule has 1 atom stereocenters. The van der Waals surface area contributed by atoms with Crippen LogP contribution in [-0.4, -0.2) is 26.5 Å². The Hall–Kier alpha value is -0.0900. The first-order chi connectivity index (χ1) is 6.39. The fourth-order valence-corrected chi connectivity index (χ4v) is 2.16. The summed E-state index contributed by atoms with van der Waals surface area (Å²) in [5, 5.41) is 0. The van der Waals surface area contributed by atoms with Crippen LogP contribution in [-0.2, 0) is 9.84 Å². The van der Waals surface area contributed by atoms with E-state index in [2.05, 4.69) is 13.8 Å². The number of hydrogen-bond donors (Lipinski definition) is 1. The summed E-state index contributed by atoms with van der Waals surface area (Å²) in [5.74, 6) is 0.553. The minimum Gasteiger partial charge on any atom is -0.330 e. The van der Waals surface area contributed by atoms with Crippen LogP contribution < -0.4 is 5.73 Å². The second-order valence-electron chi connectivity index (χ2n) is 4.21. The van der Waals surface area contributed by atoms with Gasteiger partial charge in [-0.2, -0.15) is 0 Å². The Balaban J connectivity index is 3.96. The molecular formula is C10H23NO2S. The van der Waals surface area contributed by atoms with Crippen LogP contribution in [0.15, 0.2) is 0 Å². The Bertz CT molecular complexity index is 243. The average Bonchev–Trinajstić information content (AvgIpc) is 2.17. The molecule has 0 aliphatic rings. The number of rotatable bonds is 7. The fourth-order valence-electron chi connectivity index (χ4n) is 1.29. The van der Waals surface area contributed by atoms with Crippen molar-refractivity contribution >= 4 is 9.84 Å². The van der Waals surface area contributed by atoms with E-state index >= 15 is 0 Å². The maximum absolute atomic E-state index is 11.2. The highest BCUT2D eigenvalue weighted by atomic mass is 32.2. The lowest BCUT2D eigenvalue weighted by atomic mass is 9.83. The zero-order chi connectivity index (χ0) is 11.2. The summed E-state index contributed by atoms with van der Waals surface area (Å²) in [4.78, 5) is 0. The third-order valence-electron chi connectivity index (χ3n) is 3.02. The second kappa shape index (κ2) is 5.71. The maximum atomic E-state index is 11.2. The smallest absolute Gasteiger partial charge is 0.150 e. The van der Waals surface area contributed by atoms with Gasteiger partial charge in [-0.15, -0.1) is 0 Å². The normalized spacial score (nSPS) is 16.6. The van der Waals surface area contributed by atoms with E-state index in [0.717, 1.165) is 19.3 Å². The molecule has 0 amide bonds.